The highest BCUT2D eigenvalue weighted by Gasteiger charge is 2.14. The van der Waals surface area contributed by atoms with Gasteiger partial charge in [0, 0.05) is 8.95 Å². The molecule has 1 amide bonds. The molecule has 0 fully saturated rings. The van der Waals surface area contributed by atoms with Gasteiger partial charge in [-0.2, -0.15) is 0 Å². The standard InChI is InChI=1S/C11H9Br2NO/c1-3-7(2)14-11(15)10-8(12)5-4-6-9(10)13/h1,4-7H,2H3,(H,14,15)/t7-/m1/s1. The van der Waals surface area contributed by atoms with Crippen molar-refractivity contribution < 1.29 is 4.79 Å². The SMILES string of the molecule is C#C[C@@H](C)NC(=O)c1c(Br)cccc1Br. The number of carbonyl (C=O) groups is 1. The molecule has 0 unspecified atom stereocenters. The lowest BCUT2D eigenvalue weighted by atomic mass is 10.2. The van der Waals surface area contributed by atoms with Crippen molar-refractivity contribution in [3.63, 3.8) is 0 Å². The molecule has 1 N–H and O–H groups in total. The van der Waals surface area contributed by atoms with Crippen molar-refractivity contribution in [3.05, 3.63) is 32.7 Å². The molecule has 1 rings (SSSR count). The van der Waals surface area contributed by atoms with Crippen LogP contribution in [0, 0.1) is 12.3 Å². The maximum atomic E-state index is 11.8. The maximum absolute atomic E-state index is 11.8. The molecule has 1 aromatic rings. The summed E-state index contributed by atoms with van der Waals surface area (Å²) in [5.41, 5.74) is 0.555. The van der Waals surface area contributed by atoms with E-state index in [-0.39, 0.29) is 11.9 Å². The van der Waals surface area contributed by atoms with Crippen molar-refractivity contribution in [1.82, 2.24) is 5.32 Å². The molecule has 15 heavy (non-hydrogen) atoms. The van der Waals surface area contributed by atoms with E-state index in [1.54, 1.807) is 19.1 Å². The highest BCUT2D eigenvalue weighted by molar-refractivity contribution is 9.11. The third-order valence-corrected chi connectivity index (χ3v) is 3.11. The minimum atomic E-state index is -0.281. The van der Waals surface area contributed by atoms with Crippen LogP contribution < -0.4 is 5.32 Å². The third kappa shape index (κ3) is 3.08. The summed E-state index contributed by atoms with van der Waals surface area (Å²) in [7, 11) is 0. The molecule has 0 aliphatic rings. The van der Waals surface area contributed by atoms with Gasteiger partial charge >= 0.3 is 0 Å². The zero-order valence-corrected chi connectivity index (χ0v) is 11.2. The minimum absolute atomic E-state index is 0.195. The Hall–Kier alpha value is -0.790. The van der Waals surface area contributed by atoms with E-state index in [0.717, 1.165) is 8.95 Å². The molecule has 1 atom stereocenters. The minimum Gasteiger partial charge on any atom is -0.339 e. The van der Waals surface area contributed by atoms with Crippen LogP contribution in [0.3, 0.4) is 0 Å². The summed E-state index contributed by atoms with van der Waals surface area (Å²) in [6, 6.07) is 5.17. The zero-order chi connectivity index (χ0) is 11.4. The summed E-state index contributed by atoms with van der Waals surface area (Å²) in [5, 5.41) is 2.69. The molecule has 2 nitrogen and oxygen atoms in total. The second-order valence-electron chi connectivity index (χ2n) is 2.96. The van der Waals surface area contributed by atoms with Gasteiger partial charge in [-0.05, 0) is 50.9 Å². The Morgan fingerprint density at radius 3 is 2.47 bits per heavy atom. The number of terminal acetylenes is 1. The van der Waals surface area contributed by atoms with Crippen molar-refractivity contribution in [3.8, 4) is 12.3 Å². The van der Waals surface area contributed by atoms with Gasteiger partial charge in [-0.3, -0.25) is 4.79 Å². The second kappa shape index (κ2) is 5.34. The molecule has 0 bridgehead atoms. The number of halogens is 2. The number of carbonyl (C=O) groups excluding carboxylic acids is 1. The van der Waals surface area contributed by atoms with E-state index < -0.39 is 0 Å². The van der Waals surface area contributed by atoms with Crippen LogP contribution in [0.4, 0.5) is 0 Å². The van der Waals surface area contributed by atoms with Crippen LogP contribution in [0.2, 0.25) is 0 Å². The van der Waals surface area contributed by atoms with E-state index in [0.29, 0.717) is 5.56 Å². The molecule has 0 aliphatic carbocycles. The molecule has 4 heteroatoms. The Kier molecular flexibility index (Phi) is 4.37. The molecule has 0 spiro atoms. The van der Waals surface area contributed by atoms with Gasteiger partial charge in [0.15, 0.2) is 0 Å². The summed E-state index contributed by atoms with van der Waals surface area (Å²) in [6.45, 7) is 1.75. The van der Waals surface area contributed by atoms with Crippen LogP contribution in [-0.2, 0) is 0 Å². The average molecular weight is 331 g/mol. The van der Waals surface area contributed by atoms with Crippen LogP contribution in [0.15, 0.2) is 27.1 Å². The summed E-state index contributed by atoms with van der Waals surface area (Å²) in [5.74, 6) is 2.25. The lowest BCUT2D eigenvalue weighted by Gasteiger charge is -2.10. The quantitative estimate of drug-likeness (QED) is 0.830. The van der Waals surface area contributed by atoms with Crippen molar-refractivity contribution >= 4 is 37.8 Å². The fraction of sp³-hybridized carbons (Fsp3) is 0.182. The molecular weight excluding hydrogens is 322 g/mol. The number of amides is 1. The van der Waals surface area contributed by atoms with Crippen LogP contribution >= 0.6 is 31.9 Å². The van der Waals surface area contributed by atoms with E-state index >= 15 is 0 Å². The van der Waals surface area contributed by atoms with E-state index in [9.17, 15) is 4.79 Å². The largest absolute Gasteiger partial charge is 0.339 e. The Balaban J connectivity index is 2.97. The molecule has 0 heterocycles. The van der Waals surface area contributed by atoms with Gasteiger partial charge < -0.3 is 5.32 Å². The smallest absolute Gasteiger partial charge is 0.254 e. The van der Waals surface area contributed by atoms with E-state index in [2.05, 4.69) is 43.1 Å². The summed E-state index contributed by atoms with van der Waals surface area (Å²) < 4.78 is 1.47. The van der Waals surface area contributed by atoms with Crippen LogP contribution in [0.25, 0.3) is 0 Å². The fourth-order valence-electron chi connectivity index (χ4n) is 1.03. The van der Waals surface area contributed by atoms with E-state index in [4.69, 9.17) is 6.42 Å². The van der Waals surface area contributed by atoms with Gasteiger partial charge in [0.2, 0.25) is 0 Å². The summed E-state index contributed by atoms with van der Waals surface area (Å²) in [6.07, 6.45) is 5.19. The molecular formula is C11H9Br2NO. The third-order valence-electron chi connectivity index (χ3n) is 1.79. The van der Waals surface area contributed by atoms with Gasteiger partial charge in [0.05, 0.1) is 11.6 Å². The van der Waals surface area contributed by atoms with Crippen LogP contribution in [0.5, 0.6) is 0 Å². The number of nitrogens with one attached hydrogen (secondary N) is 1. The monoisotopic (exact) mass is 329 g/mol. The Morgan fingerprint density at radius 2 is 2.00 bits per heavy atom. The first kappa shape index (κ1) is 12.3. The Labute approximate surface area is 106 Å². The van der Waals surface area contributed by atoms with Crippen LogP contribution in [-0.4, -0.2) is 11.9 Å². The molecule has 78 valence electrons. The lowest BCUT2D eigenvalue weighted by molar-refractivity contribution is 0.0946. The first-order valence-corrected chi connectivity index (χ1v) is 5.86. The lowest BCUT2D eigenvalue weighted by Crippen LogP contribution is -2.31. The normalized spacial score (nSPS) is 11.6. The van der Waals surface area contributed by atoms with Crippen molar-refractivity contribution in [2.45, 2.75) is 13.0 Å². The molecule has 0 aromatic heterocycles. The van der Waals surface area contributed by atoms with Gasteiger partial charge in [-0.25, -0.2) is 0 Å². The molecule has 0 saturated heterocycles. The number of rotatable bonds is 2. The fourth-order valence-corrected chi connectivity index (χ4v) is 2.38. The Bertz CT molecular complexity index is 403. The first-order chi connectivity index (χ1) is 7.06. The second-order valence-corrected chi connectivity index (χ2v) is 4.67. The van der Waals surface area contributed by atoms with Gasteiger partial charge in [-0.1, -0.05) is 12.0 Å². The van der Waals surface area contributed by atoms with Crippen molar-refractivity contribution in [2.75, 3.05) is 0 Å². The van der Waals surface area contributed by atoms with E-state index in [1.807, 2.05) is 6.07 Å². The summed E-state index contributed by atoms with van der Waals surface area (Å²) >= 11 is 6.63. The van der Waals surface area contributed by atoms with E-state index in [1.165, 1.54) is 0 Å². The highest BCUT2D eigenvalue weighted by atomic mass is 79.9. The molecule has 0 aliphatic heterocycles. The predicted molar refractivity (Wildman–Crippen MR) is 67.6 cm³/mol. The average Bonchev–Trinajstić information content (AvgIpc) is 2.17. The van der Waals surface area contributed by atoms with Crippen molar-refractivity contribution in [1.29, 1.82) is 0 Å². The topological polar surface area (TPSA) is 29.1 Å². The highest BCUT2D eigenvalue weighted by Crippen LogP contribution is 2.24. The van der Waals surface area contributed by atoms with Gasteiger partial charge in [-0.15, -0.1) is 6.42 Å². The molecule has 0 saturated carbocycles. The van der Waals surface area contributed by atoms with Crippen LogP contribution in [0.1, 0.15) is 17.3 Å². The number of benzene rings is 1. The summed E-state index contributed by atoms with van der Waals surface area (Å²) in [4.78, 5) is 11.8. The number of hydrogen-bond acceptors (Lipinski definition) is 1. The van der Waals surface area contributed by atoms with Gasteiger partial charge in [0.1, 0.15) is 0 Å². The van der Waals surface area contributed by atoms with Crippen molar-refractivity contribution in [2.24, 2.45) is 0 Å². The number of hydrogen-bond donors (Lipinski definition) is 1. The maximum Gasteiger partial charge on any atom is 0.254 e. The first-order valence-electron chi connectivity index (χ1n) is 4.27. The molecule has 1 aromatic carbocycles. The molecule has 0 radical (unpaired) electrons. The Morgan fingerprint density at radius 1 is 1.47 bits per heavy atom. The predicted octanol–water partition coefficient (Wildman–Crippen LogP) is 2.96. The van der Waals surface area contributed by atoms with Gasteiger partial charge in [0.25, 0.3) is 5.91 Å². The zero-order valence-electron chi connectivity index (χ0n) is 8.05.